The van der Waals surface area contributed by atoms with Crippen molar-refractivity contribution in [2.75, 3.05) is 19.9 Å². The molecule has 0 radical (unpaired) electrons. The average molecular weight is 607 g/mol. The zero-order chi connectivity index (χ0) is 30.4. The normalized spacial score (nSPS) is 36.4. The first-order valence-corrected chi connectivity index (χ1v) is 16.8. The number of aliphatic hydroxyl groups excluding tert-OH is 1. The fraction of sp³-hybridized carbons (Fsp3) is 0.862. The van der Waals surface area contributed by atoms with E-state index in [2.05, 4.69) is 14.9 Å². The van der Waals surface area contributed by atoms with Gasteiger partial charge in [0.05, 0.1) is 37.0 Å². The zero-order valence-electron chi connectivity index (χ0n) is 25.6. The van der Waals surface area contributed by atoms with Crippen molar-refractivity contribution in [2.24, 2.45) is 17.6 Å². The minimum absolute atomic E-state index is 0.0158. The van der Waals surface area contributed by atoms with Gasteiger partial charge in [-0.2, -0.15) is 9.65 Å². The Morgan fingerprint density at radius 1 is 1.29 bits per heavy atom. The molecule has 3 fully saturated rings. The molecule has 238 valence electrons. The Bertz CT molecular complexity index is 947. The van der Waals surface area contributed by atoms with Gasteiger partial charge in [0, 0.05) is 18.5 Å². The zero-order valence-corrected chi connectivity index (χ0v) is 26.5. The summed E-state index contributed by atoms with van der Waals surface area (Å²) in [7, 11) is -3.87. The van der Waals surface area contributed by atoms with Crippen LogP contribution in [0.3, 0.4) is 0 Å². The highest BCUT2D eigenvalue weighted by molar-refractivity contribution is 7.51. The van der Waals surface area contributed by atoms with Crippen molar-refractivity contribution in [3.63, 3.8) is 0 Å². The molecule has 3 rings (SSSR count). The first-order chi connectivity index (χ1) is 19.4. The number of rotatable bonds is 16. The molecule has 0 aromatic heterocycles. The number of halogens is 1. The molecule has 1 heterocycles. The van der Waals surface area contributed by atoms with Gasteiger partial charge in [0.15, 0.2) is 12.3 Å². The first-order valence-electron chi connectivity index (χ1n) is 15.2. The minimum Gasteiger partial charge on any atom is -0.383 e. The van der Waals surface area contributed by atoms with E-state index in [0.717, 1.165) is 32.1 Å². The van der Waals surface area contributed by atoms with Gasteiger partial charge < -0.3 is 34.5 Å². The third-order valence-electron chi connectivity index (χ3n) is 9.13. The Hall–Kier alpha value is -0.880. The molecule has 12 heteroatoms. The number of alkyl halides is 1. The summed E-state index contributed by atoms with van der Waals surface area (Å²) in [5.74, 6) is -0.195. The van der Waals surface area contributed by atoms with Crippen LogP contribution in [0.2, 0.25) is 0 Å². The monoisotopic (exact) mass is 606 g/mol. The second-order valence-electron chi connectivity index (χ2n) is 12.0. The maximum absolute atomic E-state index is 16.3. The van der Waals surface area contributed by atoms with Crippen molar-refractivity contribution >= 4 is 7.75 Å². The second-order valence-corrected chi connectivity index (χ2v) is 13.8. The Kier molecular flexibility index (Phi) is 12.4. The lowest BCUT2D eigenvalue weighted by atomic mass is 9.83. The molecule has 1 aliphatic heterocycles. The quantitative estimate of drug-likeness (QED) is 0.0585. The van der Waals surface area contributed by atoms with Gasteiger partial charge in [-0.15, -0.1) is 0 Å². The van der Waals surface area contributed by atoms with Gasteiger partial charge in [0.25, 0.3) is 0 Å². The summed E-state index contributed by atoms with van der Waals surface area (Å²) in [5.41, 5.74) is 1.52. The van der Waals surface area contributed by atoms with E-state index < -0.39 is 49.9 Å². The molecular weight excluding hydrogens is 552 g/mol. The molecule has 7 N–H and O–H groups in total. The lowest BCUT2D eigenvalue weighted by Crippen LogP contribution is -2.64. The standard InChI is InChI=1S/C29H53FN3O7P/c1-7-19(3)24(8-2)40-41(36,33-20(4)21(5)38-22-13-10-9-11-14-22)37-17-23-27-29(23,35)28(6,30)26(32-18-34)25(39-27)15-12-16-31/h8,12,15,19-23,25-27,32,34-35H,7,9-11,13-14,16-18,31H2,1-6H3,(H,33,36)/p+1/b15-12+,24-8+/t19-,20+,21-,23+,25-,26+,27+,28+,29+,41?/m1/s1. The van der Waals surface area contributed by atoms with Crippen molar-refractivity contribution in [1.82, 2.24) is 10.4 Å². The van der Waals surface area contributed by atoms with Gasteiger partial charge in [-0.05, 0) is 53.0 Å². The highest BCUT2D eigenvalue weighted by atomic mass is 31.2. The topological polar surface area (TPSA) is 148 Å². The minimum atomic E-state index is -3.87. The highest BCUT2D eigenvalue weighted by Crippen LogP contribution is 2.61. The number of hydrogen-bond acceptors (Lipinski definition) is 8. The maximum atomic E-state index is 16.3. The van der Waals surface area contributed by atoms with Crippen LogP contribution in [0, 0.1) is 11.8 Å². The molecule has 0 bridgehead atoms. The number of allylic oxidation sites excluding steroid dienone is 2. The van der Waals surface area contributed by atoms with Crippen LogP contribution in [0.4, 0.5) is 4.39 Å². The average Bonchev–Trinajstić information content (AvgIpc) is 3.55. The van der Waals surface area contributed by atoms with Gasteiger partial charge in [-0.1, -0.05) is 45.3 Å². The fourth-order valence-corrected chi connectivity index (χ4v) is 7.99. The van der Waals surface area contributed by atoms with Gasteiger partial charge in [-0.25, -0.2) is 4.39 Å². The van der Waals surface area contributed by atoms with Crippen molar-refractivity contribution in [1.29, 1.82) is 0 Å². The third-order valence-corrected chi connectivity index (χ3v) is 10.9. The molecule has 1 saturated heterocycles. The van der Waals surface area contributed by atoms with Crippen LogP contribution in [0.1, 0.15) is 80.1 Å². The highest BCUT2D eigenvalue weighted by Gasteiger charge is 2.81. The second kappa shape index (κ2) is 14.7. The van der Waals surface area contributed by atoms with Gasteiger partial charge in [0.1, 0.15) is 17.5 Å². The van der Waals surface area contributed by atoms with Crippen LogP contribution < -0.4 is 16.1 Å². The molecule has 0 spiro atoms. The first kappa shape index (κ1) is 34.6. The smallest absolute Gasteiger partial charge is 0.383 e. The third kappa shape index (κ3) is 7.80. The molecule has 0 aromatic rings. The summed E-state index contributed by atoms with van der Waals surface area (Å²) in [6.45, 7) is 10.6. The maximum Gasteiger partial charge on any atom is 0.614 e. The predicted octanol–water partition coefficient (Wildman–Crippen LogP) is 3.58. The summed E-state index contributed by atoms with van der Waals surface area (Å²) >= 11 is 0. The molecule has 2 aliphatic carbocycles. The molecule has 3 aliphatic rings. The van der Waals surface area contributed by atoms with Crippen molar-refractivity contribution in [3.05, 3.63) is 24.0 Å². The van der Waals surface area contributed by atoms with Gasteiger partial charge in [0.2, 0.25) is 0 Å². The number of fused-ring (bicyclic) bond motifs is 1. The number of nitrogens with one attached hydrogen (secondary N) is 2. The molecule has 2 saturated carbocycles. The molecule has 10 nitrogen and oxygen atoms in total. The molecule has 10 atom stereocenters. The Labute approximate surface area is 245 Å². The molecule has 1 unspecified atom stereocenters. The molecule has 41 heavy (non-hydrogen) atoms. The van der Waals surface area contributed by atoms with E-state index in [4.69, 9.17) is 19.7 Å². The van der Waals surface area contributed by atoms with E-state index in [1.54, 1.807) is 18.2 Å². The van der Waals surface area contributed by atoms with E-state index >= 15 is 4.39 Å². The number of ether oxygens (including phenoxy) is 2. The van der Waals surface area contributed by atoms with Crippen LogP contribution in [-0.2, 0) is 18.6 Å². The van der Waals surface area contributed by atoms with E-state index in [1.807, 2.05) is 34.6 Å². The fourth-order valence-electron chi connectivity index (χ4n) is 6.11. The van der Waals surface area contributed by atoms with Gasteiger partial charge >= 0.3 is 7.75 Å². The SMILES string of the molecule is C/C=C(/OP(=O)(N[C@@H](C)[C@@H](C)OC1CCCCC1)[OH+]C[C@H]1[C@@H]2O[C@H](/C=C/CN)[C@H](NCO)[C@](C)(F)[C@]12O)[C@H](C)CC. The van der Waals surface area contributed by atoms with Crippen LogP contribution in [-0.4, -0.2) is 82.4 Å². The summed E-state index contributed by atoms with van der Waals surface area (Å²) in [5, 5.41) is 26.8. The predicted molar refractivity (Wildman–Crippen MR) is 158 cm³/mol. The van der Waals surface area contributed by atoms with Crippen molar-refractivity contribution < 1.29 is 37.7 Å². The summed E-state index contributed by atoms with van der Waals surface area (Å²) in [6.07, 6.45) is 9.70. The Morgan fingerprint density at radius 2 is 1.98 bits per heavy atom. The largest absolute Gasteiger partial charge is 0.614 e. The van der Waals surface area contributed by atoms with Crippen LogP contribution >= 0.6 is 7.75 Å². The number of nitrogens with two attached hydrogens (primary N) is 1. The van der Waals surface area contributed by atoms with E-state index in [9.17, 15) is 14.8 Å². The van der Waals surface area contributed by atoms with Gasteiger partial charge in [-0.3, -0.25) is 5.32 Å². The van der Waals surface area contributed by atoms with Crippen LogP contribution in [0.15, 0.2) is 24.0 Å². The van der Waals surface area contributed by atoms with Crippen LogP contribution in [0.25, 0.3) is 0 Å². The molecular formula is C29H54FN3O7P+. The summed E-state index contributed by atoms with van der Waals surface area (Å²) in [4.78, 5) is 0. The number of aliphatic hydroxyl groups is 3. The van der Waals surface area contributed by atoms with Crippen LogP contribution in [0.5, 0.6) is 0 Å². The number of hydrogen-bond donors (Lipinski definition) is 5. The van der Waals surface area contributed by atoms with E-state index in [1.165, 1.54) is 13.3 Å². The summed E-state index contributed by atoms with van der Waals surface area (Å²) in [6, 6.07) is -1.38. The van der Waals surface area contributed by atoms with Crippen molar-refractivity contribution in [3.8, 4) is 0 Å². The summed E-state index contributed by atoms with van der Waals surface area (Å²) < 4.78 is 53.5. The molecule has 0 amide bonds. The lowest BCUT2D eigenvalue weighted by Gasteiger charge is -2.42. The lowest BCUT2D eigenvalue weighted by molar-refractivity contribution is -0.154. The Morgan fingerprint density at radius 3 is 2.56 bits per heavy atom. The van der Waals surface area contributed by atoms with E-state index in [-0.39, 0.29) is 37.3 Å². The Balaban J connectivity index is 1.77. The van der Waals surface area contributed by atoms with Crippen molar-refractivity contribution in [2.45, 2.75) is 128 Å². The molecule has 0 aromatic carbocycles. The van der Waals surface area contributed by atoms with E-state index in [0.29, 0.717) is 5.76 Å².